The molecule has 4 N–H and O–H groups in total. The van der Waals surface area contributed by atoms with Crippen LogP contribution in [0.4, 0.5) is 5.69 Å². The molecule has 2 aromatic rings. The van der Waals surface area contributed by atoms with E-state index in [1.165, 1.54) is 0 Å². The number of benzene rings is 2. The predicted octanol–water partition coefficient (Wildman–Crippen LogP) is 3.13. The monoisotopic (exact) mass is 353 g/mol. The quantitative estimate of drug-likeness (QED) is 0.638. The maximum atomic E-state index is 12.9. The Morgan fingerprint density at radius 2 is 1.80 bits per heavy atom. The van der Waals surface area contributed by atoms with E-state index in [4.69, 9.17) is 12.2 Å². The molecule has 3 rings (SSSR count). The molecule has 128 valence electrons. The summed E-state index contributed by atoms with van der Waals surface area (Å²) < 4.78 is 0. The van der Waals surface area contributed by atoms with Crippen molar-refractivity contribution in [2.75, 3.05) is 5.32 Å². The first-order chi connectivity index (χ1) is 12.0. The second kappa shape index (κ2) is 6.94. The minimum absolute atomic E-state index is 0.109. The minimum Gasteiger partial charge on any atom is -0.508 e. The van der Waals surface area contributed by atoms with Crippen molar-refractivity contribution in [3.63, 3.8) is 0 Å². The molecule has 0 bridgehead atoms. The Bertz CT molecular complexity index is 859. The molecule has 1 aliphatic rings. The smallest absolute Gasteiger partial charge is 0.255 e. The van der Waals surface area contributed by atoms with Crippen LogP contribution in [0.5, 0.6) is 5.75 Å². The average Bonchev–Trinajstić information content (AvgIpc) is 2.56. The highest BCUT2D eigenvalue weighted by Crippen LogP contribution is 2.32. The van der Waals surface area contributed by atoms with Gasteiger partial charge in [-0.3, -0.25) is 4.79 Å². The highest BCUT2D eigenvalue weighted by atomic mass is 32.1. The van der Waals surface area contributed by atoms with E-state index in [1.54, 1.807) is 25.1 Å². The lowest BCUT2D eigenvalue weighted by Gasteiger charge is -2.30. The molecule has 0 aromatic heterocycles. The zero-order chi connectivity index (χ0) is 18.0. The molecule has 5 nitrogen and oxygen atoms in total. The molecule has 1 heterocycles. The van der Waals surface area contributed by atoms with Gasteiger partial charge in [-0.2, -0.15) is 0 Å². The van der Waals surface area contributed by atoms with Crippen LogP contribution in [0.15, 0.2) is 59.8 Å². The Balaban J connectivity index is 1.96. The predicted molar refractivity (Wildman–Crippen MR) is 102 cm³/mol. The van der Waals surface area contributed by atoms with Crippen molar-refractivity contribution in [3.8, 4) is 5.75 Å². The second-order valence-electron chi connectivity index (χ2n) is 5.95. The van der Waals surface area contributed by atoms with E-state index >= 15 is 0 Å². The van der Waals surface area contributed by atoms with Crippen molar-refractivity contribution >= 4 is 28.9 Å². The number of nitrogens with one attached hydrogen (secondary N) is 3. The van der Waals surface area contributed by atoms with Gasteiger partial charge >= 0.3 is 0 Å². The van der Waals surface area contributed by atoms with Gasteiger partial charge in [0.15, 0.2) is 5.11 Å². The normalized spacial score (nSPS) is 16.9. The number of para-hydroxylation sites is 1. The number of anilines is 1. The van der Waals surface area contributed by atoms with E-state index < -0.39 is 6.04 Å². The summed E-state index contributed by atoms with van der Waals surface area (Å²) in [6.45, 7) is 3.78. The van der Waals surface area contributed by atoms with Gasteiger partial charge in [-0.1, -0.05) is 35.9 Å². The van der Waals surface area contributed by atoms with Crippen LogP contribution in [0.3, 0.4) is 0 Å². The van der Waals surface area contributed by atoms with Crippen LogP contribution in [0, 0.1) is 6.92 Å². The summed E-state index contributed by atoms with van der Waals surface area (Å²) in [7, 11) is 0. The van der Waals surface area contributed by atoms with Gasteiger partial charge in [0.25, 0.3) is 5.91 Å². The van der Waals surface area contributed by atoms with E-state index in [2.05, 4.69) is 16.0 Å². The molecule has 25 heavy (non-hydrogen) atoms. The van der Waals surface area contributed by atoms with E-state index in [-0.39, 0.29) is 11.7 Å². The number of rotatable bonds is 3. The molecule has 0 saturated carbocycles. The fourth-order valence-electron chi connectivity index (χ4n) is 2.80. The van der Waals surface area contributed by atoms with Crippen molar-refractivity contribution < 1.29 is 9.90 Å². The number of thiocarbonyl (C=S) groups is 1. The van der Waals surface area contributed by atoms with Gasteiger partial charge in [0, 0.05) is 16.9 Å². The first-order valence-electron chi connectivity index (χ1n) is 7.90. The Kier molecular flexibility index (Phi) is 4.72. The number of phenolic OH excluding ortho intramolecular Hbond substituents is 1. The first-order valence-corrected chi connectivity index (χ1v) is 8.30. The topological polar surface area (TPSA) is 73.4 Å². The molecule has 0 radical (unpaired) electrons. The van der Waals surface area contributed by atoms with Gasteiger partial charge in [-0.15, -0.1) is 0 Å². The first kappa shape index (κ1) is 17.0. The molecule has 0 fully saturated rings. The molecule has 1 amide bonds. The third-order valence-corrected chi connectivity index (χ3v) is 4.29. The lowest BCUT2D eigenvalue weighted by molar-refractivity contribution is -0.113. The number of aryl methyl sites for hydroxylation is 1. The number of phenols is 1. The van der Waals surface area contributed by atoms with Crippen molar-refractivity contribution in [3.05, 3.63) is 70.9 Å². The van der Waals surface area contributed by atoms with Gasteiger partial charge in [-0.05, 0) is 44.3 Å². The highest BCUT2D eigenvalue weighted by Gasteiger charge is 2.31. The molecule has 0 aliphatic carbocycles. The summed E-state index contributed by atoms with van der Waals surface area (Å²) in [5.74, 6) is -0.143. The fourth-order valence-corrected chi connectivity index (χ4v) is 3.07. The fraction of sp³-hybridized carbons (Fsp3) is 0.158. The molecule has 0 unspecified atom stereocenters. The lowest BCUT2D eigenvalue weighted by atomic mass is 9.94. The summed E-state index contributed by atoms with van der Waals surface area (Å²) in [5.41, 5.74) is 3.56. The summed E-state index contributed by atoms with van der Waals surface area (Å²) >= 11 is 5.22. The number of amides is 1. The molecule has 0 saturated heterocycles. The number of hydrogen-bond donors (Lipinski definition) is 4. The number of aromatic hydroxyl groups is 1. The average molecular weight is 353 g/mol. The number of allylic oxidation sites excluding steroid dienone is 1. The van der Waals surface area contributed by atoms with Crippen molar-refractivity contribution in [2.24, 2.45) is 0 Å². The van der Waals surface area contributed by atoms with Gasteiger partial charge in [0.1, 0.15) is 5.75 Å². The van der Waals surface area contributed by atoms with Gasteiger partial charge in [-0.25, -0.2) is 0 Å². The molecule has 2 aromatic carbocycles. The zero-order valence-electron chi connectivity index (χ0n) is 14.0. The van der Waals surface area contributed by atoms with Crippen LogP contribution in [-0.4, -0.2) is 16.1 Å². The SMILES string of the molecule is CC1=C(C(=O)Nc2ccc(C)cc2)[C@@H](c2ccccc2O)NC(=S)N1. The van der Waals surface area contributed by atoms with Crippen molar-refractivity contribution in [2.45, 2.75) is 19.9 Å². The van der Waals surface area contributed by atoms with Crippen molar-refractivity contribution in [1.82, 2.24) is 10.6 Å². The Labute approximate surface area is 151 Å². The van der Waals surface area contributed by atoms with E-state index in [9.17, 15) is 9.90 Å². The minimum atomic E-state index is -0.527. The summed E-state index contributed by atoms with van der Waals surface area (Å²) in [6, 6.07) is 14.0. The molecule has 0 spiro atoms. The van der Waals surface area contributed by atoms with E-state index in [0.717, 1.165) is 5.56 Å². The molecule has 6 heteroatoms. The van der Waals surface area contributed by atoms with Gasteiger partial charge in [0.2, 0.25) is 0 Å². The maximum absolute atomic E-state index is 12.9. The van der Waals surface area contributed by atoms with E-state index in [1.807, 2.05) is 37.3 Å². The lowest BCUT2D eigenvalue weighted by Crippen LogP contribution is -2.45. The molecule has 1 atom stereocenters. The molecule has 1 aliphatic heterocycles. The van der Waals surface area contributed by atoms with Crippen LogP contribution in [0.1, 0.15) is 24.1 Å². The summed E-state index contributed by atoms with van der Waals surface area (Å²) in [6.07, 6.45) is 0. The Morgan fingerprint density at radius 1 is 1.12 bits per heavy atom. The number of carbonyl (C=O) groups is 1. The number of carbonyl (C=O) groups excluding carboxylic acids is 1. The van der Waals surface area contributed by atoms with Gasteiger partial charge in [0.05, 0.1) is 11.6 Å². The Hall–Kier alpha value is -2.86. The third kappa shape index (κ3) is 3.64. The van der Waals surface area contributed by atoms with Crippen LogP contribution in [0.25, 0.3) is 0 Å². The van der Waals surface area contributed by atoms with Crippen LogP contribution in [-0.2, 0) is 4.79 Å². The maximum Gasteiger partial charge on any atom is 0.255 e. The van der Waals surface area contributed by atoms with Crippen LogP contribution in [0.2, 0.25) is 0 Å². The van der Waals surface area contributed by atoms with Crippen LogP contribution >= 0.6 is 12.2 Å². The highest BCUT2D eigenvalue weighted by molar-refractivity contribution is 7.80. The third-order valence-electron chi connectivity index (χ3n) is 4.07. The van der Waals surface area contributed by atoms with Gasteiger partial charge < -0.3 is 21.1 Å². The summed E-state index contributed by atoms with van der Waals surface area (Å²) in [4.78, 5) is 12.9. The molecular formula is C19H19N3O2S. The van der Waals surface area contributed by atoms with E-state index in [0.29, 0.717) is 27.6 Å². The standard InChI is InChI=1S/C19H19N3O2S/c1-11-7-9-13(10-8-11)21-18(24)16-12(2)20-19(25)22-17(16)14-5-3-4-6-15(14)23/h3-10,17,23H,1-2H3,(H,21,24)(H2,20,22,25)/t17-/m1/s1. The molecular weight excluding hydrogens is 334 g/mol. The van der Waals surface area contributed by atoms with Crippen LogP contribution < -0.4 is 16.0 Å². The largest absolute Gasteiger partial charge is 0.508 e. The second-order valence-corrected chi connectivity index (χ2v) is 6.36. The summed E-state index contributed by atoms with van der Waals surface area (Å²) in [5, 5.41) is 19.6. The number of hydrogen-bond acceptors (Lipinski definition) is 3. The Morgan fingerprint density at radius 3 is 2.48 bits per heavy atom. The zero-order valence-corrected chi connectivity index (χ0v) is 14.8. The van der Waals surface area contributed by atoms with Crippen molar-refractivity contribution in [1.29, 1.82) is 0 Å².